The van der Waals surface area contributed by atoms with Crippen LogP contribution in [-0.2, 0) is 19.3 Å². The van der Waals surface area contributed by atoms with Crippen molar-refractivity contribution in [1.29, 1.82) is 0 Å². The average molecular weight is 1430 g/mol. The van der Waals surface area contributed by atoms with Gasteiger partial charge in [0.05, 0.1) is 7.57 Å². The molecule has 4 aromatic carbocycles. The van der Waals surface area contributed by atoms with Gasteiger partial charge in [-0.2, -0.15) is 0 Å². The zero-order valence-electron chi connectivity index (χ0n) is 50.9. The Balaban J connectivity index is 0.000000168. The van der Waals surface area contributed by atoms with Crippen LogP contribution in [0, 0.1) is 6.92 Å². The lowest BCUT2D eigenvalue weighted by atomic mass is 10.1. The first-order valence-electron chi connectivity index (χ1n) is 32.4. The number of unbranched alkanes of at least 4 members (excludes halogenated alkanes) is 21. The lowest BCUT2D eigenvalue weighted by Crippen LogP contribution is -1.84. The van der Waals surface area contributed by atoms with E-state index in [2.05, 4.69) is 167 Å². The molecule has 13 rings (SSSR count). The van der Waals surface area contributed by atoms with E-state index in [4.69, 9.17) is 0 Å². The Morgan fingerprint density at radius 2 is 0.570 bits per heavy atom. The van der Waals surface area contributed by atoms with Crippen LogP contribution in [0.2, 0.25) is 0 Å². The van der Waals surface area contributed by atoms with Gasteiger partial charge < -0.3 is 0 Å². The van der Waals surface area contributed by atoms with E-state index >= 15 is 0 Å². The van der Waals surface area contributed by atoms with Gasteiger partial charge >= 0.3 is 0 Å². The molecule has 0 aliphatic carbocycles. The summed E-state index contributed by atoms with van der Waals surface area (Å²) in [6, 6.07) is 35.7. The summed E-state index contributed by atoms with van der Waals surface area (Å²) < 4.78 is 13.5. The maximum absolute atomic E-state index is 3.59. The Hall–Kier alpha value is -2.78. The second kappa shape index (κ2) is 32.5. The molecule has 0 nitrogen and oxygen atoms in total. The Kier molecular flexibility index (Phi) is 24.5. The van der Waals surface area contributed by atoms with E-state index in [1.165, 1.54) is 297 Å². The highest BCUT2D eigenvalue weighted by Gasteiger charge is 2.16. The van der Waals surface area contributed by atoms with Gasteiger partial charge in [0.15, 0.2) is 0 Å². The molecule has 86 heavy (non-hydrogen) atoms. The molecule has 0 radical (unpaired) electrons. The minimum Gasteiger partial charge on any atom is -0.149 e. The molecule has 0 fully saturated rings. The smallest absolute Gasteiger partial charge is 0.0711 e. The van der Waals surface area contributed by atoms with Gasteiger partial charge in [-0.1, -0.05) is 156 Å². The number of aryl methyl sites for hydroxylation is 4. The molecular weight excluding hydrogens is 1350 g/mol. The van der Waals surface area contributed by atoms with Crippen LogP contribution in [0.15, 0.2) is 115 Å². The summed E-state index contributed by atoms with van der Waals surface area (Å²) in [6.07, 6.45) is 37.3. The first kappa shape index (κ1) is 64.7. The van der Waals surface area contributed by atoms with Crippen LogP contribution < -0.4 is 0 Å². The molecule has 0 saturated carbocycles. The third kappa shape index (κ3) is 17.2. The van der Waals surface area contributed by atoms with E-state index < -0.39 is 0 Å². The van der Waals surface area contributed by atoms with Crippen molar-refractivity contribution in [1.82, 2.24) is 0 Å². The fourth-order valence-electron chi connectivity index (χ4n) is 12.2. The average Bonchev–Trinajstić information content (AvgIpc) is 2.04. The van der Waals surface area contributed by atoms with Crippen LogP contribution in [0.5, 0.6) is 0 Å². The molecule has 0 aliphatic rings. The third-order valence-corrected chi connectivity index (χ3v) is 27.9. The Bertz CT molecular complexity index is 3990. The summed E-state index contributed by atoms with van der Waals surface area (Å²) in [7, 11) is 0. The third-order valence-electron chi connectivity index (χ3n) is 17.0. The van der Waals surface area contributed by atoms with E-state index in [1.807, 2.05) is 79.4 Å². The lowest BCUT2D eigenvalue weighted by Gasteiger charge is -2.00. The molecule has 13 aromatic rings. The molecular formula is C75H84Br2S9. The minimum absolute atomic E-state index is 1.20. The normalized spacial score (nSPS) is 11.9. The standard InChI is InChI=1S/C44H52S5.C16H6Br2S3.C15H26S/c1-3-5-7-9-11-13-15-17-19-31-21-41(45-29-31)43-25-33-23-35-36-24-34-26-44(48-38(34)28-40(36)49-39(35)27-37(33)47-43)42-22-32(30-46-42)20-18-16-14-12-10-8-6-4-2;17-15-3-7-1-9-10-2-8-4-16(18)21-12(8)6-14(10)19-13(9)5-11(7)20-15;1-3-4-5-6-7-8-9-10-11-15-12-14(2)16-13-15/h21-30H,3-20H2,1-2H3;1-6H;12-13H,3-11H2,1-2H3. The highest BCUT2D eigenvalue weighted by atomic mass is 79.9. The first-order chi connectivity index (χ1) is 42.2. The number of thiophene rings is 9. The van der Waals surface area contributed by atoms with E-state index in [1.54, 1.807) is 28.2 Å². The summed E-state index contributed by atoms with van der Waals surface area (Å²) in [5.74, 6) is 0. The number of halogens is 2. The summed E-state index contributed by atoms with van der Waals surface area (Å²) in [5.41, 5.74) is 4.60. The number of benzene rings is 4. The van der Waals surface area contributed by atoms with Crippen molar-refractivity contribution in [3.63, 3.8) is 0 Å². The van der Waals surface area contributed by atoms with Gasteiger partial charge in [-0.15, -0.1) is 102 Å². The Morgan fingerprint density at radius 1 is 0.267 bits per heavy atom. The molecule has 0 aliphatic heterocycles. The van der Waals surface area contributed by atoms with Crippen molar-refractivity contribution in [2.24, 2.45) is 0 Å². The number of hydrogen-bond donors (Lipinski definition) is 0. The molecule has 0 bridgehead atoms. The van der Waals surface area contributed by atoms with Gasteiger partial charge in [0, 0.05) is 83.5 Å². The quantitative estimate of drug-likeness (QED) is 0.0410. The van der Waals surface area contributed by atoms with Crippen molar-refractivity contribution in [2.75, 3.05) is 0 Å². The minimum atomic E-state index is 1.20. The summed E-state index contributed by atoms with van der Waals surface area (Å²) in [5, 5.41) is 18.1. The number of hydrogen-bond acceptors (Lipinski definition) is 9. The lowest BCUT2D eigenvalue weighted by molar-refractivity contribution is 0.575. The molecule has 9 heterocycles. The second-order valence-electron chi connectivity index (χ2n) is 23.9. The molecule has 0 atom stereocenters. The van der Waals surface area contributed by atoms with Crippen LogP contribution in [-0.4, -0.2) is 0 Å². The van der Waals surface area contributed by atoms with Gasteiger partial charge in [0.1, 0.15) is 0 Å². The zero-order valence-corrected chi connectivity index (χ0v) is 61.4. The summed E-state index contributed by atoms with van der Waals surface area (Å²) >= 11 is 24.3. The van der Waals surface area contributed by atoms with Crippen molar-refractivity contribution in [3.05, 3.63) is 136 Å². The maximum Gasteiger partial charge on any atom is 0.0711 e. The first-order valence-corrected chi connectivity index (χ1v) is 41.5. The number of rotatable bonds is 29. The zero-order chi connectivity index (χ0) is 59.2. The van der Waals surface area contributed by atoms with Gasteiger partial charge in [0.2, 0.25) is 0 Å². The SMILES string of the molecule is Brc1cc2cc3c(cc2s1)sc1cc2sc(Br)cc2cc13.CCCCCCCCCCc1csc(-c2cc3cc4c(cc3s2)sc2cc3sc(-c5cc(CCCCCCCCCC)cs5)cc3cc24)c1.CCCCCCCCCCc1csc(C)c1. The van der Waals surface area contributed by atoms with E-state index in [9.17, 15) is 0 Å². The highest BCUT2D eigenvalue weighted by molar-refractivity contribution is 9.11. The van der Waals surface area contributed by atoms with Gasteiger partial charge in [-0.05, 0) is 223 Å². The molecule has 0 spiro atoms. The molecule has 452 valence electrons. The fourth-order valence-corrected chi connectivity index (χ4v) is 22.9. The molecule has 9 aromatic heterocycles. The van der Waals surface area contributed by atoms with Crippen LogP contribution in [0.4, 0.5) is 0 Å². The second-order valence-corrected chi connectivity index (χ2v) is 36.1. The Labute approximate surface area is 565 Å². The van der Waals surface area contributed by atoms with E-state index in [0.29, 0.717) is 0 Å². The van der Waals surface area contributed by atoms with Gasteiger partial charge in [-0.3, -0.25) is 0 Å². The Morgan fingerprint density at radius 3 is 0.907 bits per heavy atom. The molecule has 0 unspecified atom stereocenters. The maximum atomic E-state index is 3.59. The van der Waals surface area contributed by atoms with Crippen LogP contribution in [0.3, 0.4) is 0 Å². The number of fused-ring (bicyclic) bond motifs is 10. The van der Waals surface area contributed by atoms with Crippen molar-refractivity contribution in [2.45, 2.75) is 201 Å². The topological polar surface area (TPSA) is 0 Å². The van der Waals surface area contributed by atoms with Crippen molar-refractivity contribution >= 4 is 215 Å². The molecule has 0 N–H and O–H groups in total. The molecule has 0 amide bonds. The van der Waals surface area contributed by atoms with Gasteiger partial charge in [-0.25, -0.2) is 0 Å². The summed E-state index contributed by atoms with van der Waals surface area (Å²) in [6.45, 7) is 9.07. The monoisotopic (exact) mass is 1430 g/mol. The predicted octanol–water partition coefficient (Wildman–Crippen LogP) is 31.1. The van der Waals surface area contributed by atoms with Crippen LogP contribution in [0.25, 0.3) is 100 Å². The van der Waals surface area contributed by atoms with Crippen molar-refractivity contribution < 1.29 is 0 Å². The van der Waals surface area contributed by atoms with Gasteiger partial charge in [0.25, 0.3) is 0 Å². The molecule has 0 saturated heterocycles. The molecule has 11 heteroatoms. The van der Waals surface area contributed by atoms with Crippen LogP contribution >= 0.6 is 134 Å². The summed E-state index contributed by atoms with van der Waals surface area (Å²) in [4.78, 5) is 7.17. The van der Waals surface area contributed by atoms with Crippen LogP contribution in [0.1, 0.15) is 196 Å². The van der Waals surface area contributed by atoms with E-state index in [-0.39, 0.29) is 0 Å². The predicted molar refractivity (Wildman–Crippen MR) is 410 cm³/mol. The van der Waals surface area contributed by atoms with Crippen molar-refractivity contribution in [3.8, 4) is 19.5 Å². The van der Waals surface area contributed by atoms with E-state index in [0.717, 1.165) is 0 Å². The largest absolute Gasteiger partial charge is 0.149 e. The fraction of sp³-hybridized carbons (Fsp3) is 0.413. The highest BCUT2D eigenvalue weighted by Crippen LogP contribution is 2.47.